The van der Waals surface area contributed by atoms with Crippen LogP contribution >= 0.6 is 0 Å². The first kappa shape index (κ1) is 22.6. The molecular weight excluding hydrogens is 349 g/mol. The Labute approximate surface area is 160 Å². The van der Waals surface area contributed by atoms with Crippen LogP contribution in [0.3, 0.4) is 0 Å². The average Bonchev–Trinajstić information content (AvgIpc) is 2.63. The van der Waals surface area contributed by atoms with Gasteiger partial charge in [0.15, 0.2) is 0 Å². The van der Waals surface area contributed by atoms with Crippen molar-refractivity contribution in [2.45, 2.75) is 46.6 Å². The summed E-state index contributed by atoms with van der Waals surface area (Å²) in [6.07, 6.45) is 1.49. The second-order valence-corrected chi connectivity index (χ2v) is 6.78. The van der Waals surface area contributed by atoms with Gasteiger partial charge in [-0.25, -0.2) is 4.39 Å². The van der Waals surface area contributed by atoms with Crippen molar-refractivity contribution in [3.05, 3.63) is 35.6 Å². The largest absolute Gasteiger partial charge is 0.355 e. The van der Waals surface area contributed by atoms with Gasteiger partial charge in [-0.05, 0) is 30.9 Å². The van der Waals surface area contributed by atoms with Gasteiger partial charge in [0.25, 0.3) is 5.91 Å². The van der Waals surface area contributed by atoms with E-state index >= 15 is 0 Å². The van der Waals surface area contributed by atoms with Crippen LogP contribution in [0.15, 0.2) is 24.3 Å². The molecule has 1 aromatic carbocycles. The third-order valence-corrected chi connectivity index (χ3v) is 4.05. The third kappa shape index (κ3) is 7.00. The number of benzene rings is 1. The smallest absolute Gasteiger partial charge is 0.254 e. The first-order chi connectivity index (χ1) is 12.8. The molecule has 0 bridgehead atoms. The molecule has 1 atom stereocenters. The van der Waals surface area contributed by atoms with E-state index in [-0.39, 0.29) is 29.8 Å². The summed E-state index contributed by atoms with van der Waals surface area (Å²) in [5.74, 6) is -2.09. The number of carbonyl (C=O) groups is 3. The number of amides is 3. The molecule has 0 aliphatic carbocycles. The van der Waals surface area contributed by atoms with Crippen molar-refractivity contribution in [3.63, 3.8) is 0 Å². The summed E-state index contributed by atoms with van der Waals surface area (Å²) < 4.78 is 13.9. The maximum atomic E-state index is 13.9. The molecule has 2 N–H and O–H groups in total. The molecule has 0 aromatic heterocycles. The van der Waals surface area contributed by atoms with E-state index in [2.05, 4.69) is 10.6 Å². The molecule has 1 rings (SSSR count). The Morgan fingerprint density at radius 1 is 1.11 bits per heavy atom. The summed E-state index contributed by atoms with van der Waals surface area (Å²) in [5.41, 5.74) is -0.112. The number of hydrogen-bond donors (Lipinski definition) is 2. The topological polar surface area (TPSA) is 78.5 Å². The zero-order chi connectivity index (χ0) is 20.4. The second-order valence-electron chi connectivity index (χ2n) is 6.78. The predicted molar refractivity (Wildman–Crippen MR) is 103 cm³/mol. The number of halogens is 1. The van der Waals surface area contributed by atoms with Gasteiger partial charge in [0, 0.05) is 13.1 Å². The van der Waals surface area contributed by atoms with Crippen molar-refractivity contribution >= 4 is 17.7 Å². The summed E-state index contributed by atoms with van der Waals surface area (Å²) >= 11 is 0. The van der Waals surface area contributed by atoms with Crippen molar-refractivity contribution in [2.24, 2.45) is 5.92 Å². The monoisotopic (exact) mass is 379 g/mol. The van der Waals surface area contributed by atoms with Gasteiger partial charge in [-0.1, -0.05) is 39.8 Å². The van der Waals surface area contributed by atoms with Crippen molar-refractivity contribution in [1.82, 2.24) is 15.5 Å². The number of nitrogens with zero attached hydrogens (tertiary/aromatic N) is 1. The van der Waals surface area contributed by atoms with Crippen LogP contribution in [0.4, 0.5) is 4.39 Å². The summed E-state index contributed by atoms with van der Waals surface area (Å²) in [6, 6.07) is 4.78. The van der Waals surface area contributed by atoms with Crippen LogP contribution in [-0.4, -0.2) is 48.3 Å². The molecule has 1 aromatic rings. The second kappa shape index (κ2) is 11.3. The van der Waals surface area contributed by atoms with Crippen LogP contribution in [0.2, 0.25) is 0 Å². The Bertz CT molecular complexity index is 649. The number of hydrogen-bond acceptors (Lipinski definition) is 3. The van der Waals surface area contributed by atoms with E-state index in [1.807, 2.05) is 13.8 Å². The van der Waals surface area contributed by atoms with Gasteiger partial charge in [0.2, 0.25) is 11.8 Å². The van der Waals surface area contributed by atoms with Crippen molar-refractivity contribution < 1.29 is 18.8 Å². The summed E-state index contributed by atoms with van der Waals surface area (Å²) in [5, 5.41) is 5.38. The van der Waals surface area contributed by atoms with Crippen LogP contribution in [0.5, 0.6) is 0 Å². The molecule has 6 nitrogen and oxygen atoms in total. The Kier molecular flexibility index (Phi) is 9.47. The van der Waals surface area contributed by atoms with E-state index in [1.165, 1.54) is 23.1 Å². The molecule has 7 heteroatoms. The highest BCUT2D eigenvalue weighted by Gasteiger charge is 2.30. The van der Waals surface area contributed by atoms with Gasteiger partial charge in [-0.3, -0.25) is 14.4 Å². The van der Waals surface area contributed by atoms with Gasteiger partial charge in [-0.15, -0.1) is 0 Å². The molecule has 0 spiro atoms. The quantitative estimate of drug-likeness (QED) is 0.655. The molecular formula is C20H30FN3O3. The number of rotatable bonds is 10. The van der Waals surface area contributed by atoms with Crippen LogP contribution in [0.25, 0.3) is 0 Å². The maximum Gasteiger partial charge on any atom is 0.254 e. The fourth-order valence-electron chi connectivity index (χ4n) is 2.61. The molecule has 150 valence electrons. The normalized spacial score (nSPS) is 11.8. The van der Waals surface area contributed by atoms with Gasteiger partial charge in [0.05, 0.1) is 12.1 Å². The van der Waals surface area contributed by atoms with Crippen molar-refractivity contribution in [2.75, 3.05) is 19.6 Å². The van der Waals surface area contributed by atoms with Crippen LogP contribution in [0.1, 0.15) is 50.9 Å². The lowest BCUT2D eigenvalue weighted by atomic mass is 10.0. The molecule has 0 saturated heterocycles. The highest BCUT2D eigenvalue weighted by Crippen LogP contribution is 2.11. The van der Waals surface area contributed by atoms with E-state index in [9.17, 15) is 18.8 Å². The SMILES string of the molecule is CCCNC(=O)CN(CCC)C(=O)C(NC(=O)c1ccccc1F)C(C)C. The van der Waals surface area contributed by atoms with Crippen LogP contribution in [-0.2, 0) is 9.59 Å². The lowest BCUT2D eigenvalue weighted by Gasteiger charge is -2.29. The summed E-state index contributed by atoms with van der Waals surface area (Å²) in [4.78, 5) is 38.9. The average molecular weight is 379 g/mol. The summed E-state index contributed by atoms with van der Waals surface area (Å²) in [6.45, 7) is 8.33. The lowest BCUT2D eigenvalue weighted by Crippen LogP contribution is -2.53. The standard InChI is InChI=1S/C20H30FN3O3/c1-5-11-22-17(25)13-24(12-6-2)20(27)18(14(3)4)23-19(26)15-9-7-8-10-16(15)21/h7-10,14,18H,5-6,11-13H2,1-4H3,(H,22,25)(H,23,26). The minimum absolute atomic E-state index is 0.0640. The zero-order valence-corrected chi connectivity index (χ0v) is 16.5. The van der Waals surface area contributed by atoms with Gasteiger partial charge in [0.1, 0.15) is 11.9 Å². The molecule has 0 aliphatic rings. The number of carbonyl (C=O) groups excluding carboxylic acids is 3. The Balaban J connectivity index is 2.91. The highest BCUT2D eigenvalue weighted by atomic mass is 19.1. The van der Waals surface area contributed by atoms with Crippen molar-refractivity contribution in [3.8, 4) is 0 Å². The minimum atomic E-state index is -0.845. The van der Waals surface area contributed by atoms with Gasteiger partial charge >= 0.3 is 0 Å². The molecule has 1 unspecified atom stereocenters. The fraction of sp³-hybridized carbons (Fsp3) is 0.550. The minimum Gasteiger partial charge on any atom is -0.355 e. The van der Waals surface area contributed by atoms with E-state index < -0.39 is 17.8 Å². The molecule has 27 heavy (non-hydrogen) atoms. The first-order valence-electron chi connectivity index (χ1n) is 9.42. The predicted octanol–water partition coefficient (Wildman–Crippen LogP) is 2.34. The van der Waals surface area contributed by atoms with E-state index in [1.54, 1.807) is 19.9 Å². The maximum absolute atomic E-state index is 13.9. The highest BCUT2D eigenvalue weighted by molar-refractivity contribution is 5.98. The Hall–Kier alpha value is -2.44. The van der Waals surface area contributed by atoms with Crippen molar-refractivity contribution in [1.29, 1.82) is 0 Å². The summed E-state index contributed by atoms with van der Waals surface area (Å²) in [7, 11) is 0. The van der Waals surface area contributed by atoms with E-state index in [4.69, 9.17) is 0 Å². The number of nitrogens with one attached hydrogen (secondary N) is 2. The molecule has 0 aliphatic heterocycles. The Morgan fingerprint density at radius 2 is 1.78 bits per heavy atom. The first-order valence-corrected chi connectivity index (χ1v) is 9.42. The molecule has 0 saturated carbocycles. The van der Waals surface area contributed by atoms with Crippen LogP contribution < -0.4 is 10.6 Å². The van der Waals surface area contributed by atoms with Gasteiger partial charge < -0.3 is 15.5 Å². The van der Waals surface area contributed by atoms with Crippen LogP contribution in [0, 0.1) is 11.7 Å². The third-order valence-electron chi connectivity index (χ3n) is 4.05. The molecule has 0 radical (unpaired) electrons. The van der Waals surface area contributed by atoms with E-state index in [0.29, 0.717) is 19.5 Å². The van der Waals surface area contributed by atoms with Gasteiger partial charge in [-0.2, -0.15) is 0 Å². The molecule has 3 amide bonds. The molecule has 0 heterocycles. The fourth-order valence-corrected chi connectivity index (χ4v) is 2.61. The lowest BCUT2D eigenvalue weighted by molar-refractivity contribution is -0.138. The van der Waals surface area contributed by atoms with E-state index in [0.717, 1.165) is 6.42 Å². The zero-order valence-electron chi connectivity index (χ0n) is 16.5. The Morgan fingerprint density at radius 3 is 2.33 bits per heavy atom. The molecule has 0 fully saturated rings.